The van der Waals surface area contributed by atoms with Crippen LogP contribution in [0.1, 0.15) is 31.2 Å². The van der Waals surface area contributed by atoms with Gasteiger partial charge in [0.25, 0.3) is 0 Å². The molecule has 0 bridgehead atoms. The number of anilines is 1. The minimum atomic E-state index is -0.00341. The predicted octanol–water partition coefficient (Wildman–Crippen LogP) is 4.69. The lowest BCUT2D eigenvalue weighted by molar-refractivity contribution is -0.126. The highest BCUT2D eigenvalue weighted by molar-refractivity contribution is 5.91. The third kappa shape index (κ3) is 6.54. The summed E-state index contributed by atoms with van der Waals surface area (Å²) in [5.74, 6) is 1.10. The molecular weight excluding hydrogens is 388 g/mol. The van der Waals surface area contributed by atoms with Crippen molar-refractivity contribution in [3.63, 3.8) is 0 Å². The smallest absolute Gasteiger partial charge is 0.246 e. The molecule has 0 aliphatic heterocycles. The lowest BCUT2D eigenvalue weighted by atomic mass is 10.2. The Morgan fingerprint density at radius 2 is 1.77 bits per heavy atom. The maximum atomic E-state index is 12.7. The van der Waals surface area contributed by atoms with Gasteiger partial charge in [-0.05, 0) is 42.3 Å². The molecule has 0 saturated carbocycles. The monoisotopic (exact) mass is 418 g/mol. The Kier molecular flexibility index (Phi) is 7.98. The Hall–Kier alpha value is -3.41. The van der Waals surface area contributed by atoms with Gasteiger partial charge in [0.05, 0.1) is 0 Å². The van der Waals surface area contributed by atoms with Gasteiger partial charge in [0.1, 0.15) is 0 Å². The Morgan fingerprint density at radius 3 is 2.45 bits per heavy atom. The van der Waals surface area contributed by atoms with E-state index < -0.39 is 0 Å². The average Bonchev–Trinajstić information content (AvgIpc) is 3.27. The van der Waals surface area contributed by atoms with Gasteiger partial charge in [0.15, 0.2) is 0 Å². The molecule has 0 unspecified atom stereocenters. The van der Waals surface area contributed by atoms with E-state index in [9.17, 15) is 4.79 Å². The number of aromatic nitrogens is 2. The van der Waals surface area contributed by atoms with Crippen LogP contribution in [0.4, 0.5) is 5.69 Å². The predicted molar refractivity (Wildman–Crippen MR) is 125 cm³/mol. The van der Waals surface area contributed by atoms with Crippen LogP contribution in [-0.4, -0.2) is 48.1 Å². The summed E-state index contributed by atoms with van der Waals surface area (Å²) in [6.45, 7) is 3.37. The maximum Gasteiger partial charge on any atom is 0.246 e. The molecule has 2 aromatic carbocycles. The van der Waals surface area contributed by atoms with E-state index in [0.717, 1.165) is 29.7 Å². The fourth-order valence-electron chi connectivity index (χ4n) is 3.13. The third-order valence-electron chi connectivity index (χ3n) is 5.02. The summed E-state index contributed by atoms with van der Waals surface area (Å²) in [5, 5.41) is 4.10. The number of amides is 1. The minimum Gasteiger partial charge on any atom is -0.378 e. The number of rotatable bonds is 10. The molecule has 0 spiro atoms. The van der Waals surface area contributed by atoms with E-state index in [-0.39, 0.29) is 5.91 Å². The van der Waals surface area contributed by atoms with Crippen molar-refractivity contribution in [3.8, 4) is 11.4 Å². The normalized spacial score (nSPS) is 11.1. The van der Waals surface area contributed by atoms with Crippen LogP contribution in [0, 0.1) is 0 Å². The molecule has 0 aliphatic rings. The standard InChI is InChI=1S/C25H30N4O2/c1-4-5-18-29(24(30)16-11-20-9-7-6-8-10-20)19-17-23-26-25(27-31-23)21-12-14-22(15-13-21)28(2)3/h6-16H,4-5,17-19H2,1-3H3/b16-11+. The van der Waals surface area contributed by atoms with Crippen molar-refractivity contribution in [1.29, 1.82) is 0 Å². The summed E-state index contributed by atoms with van der Waals surface area (Å²) < 4.78 is 5.43. The van der Waals surface area contributed by atoms with E-state index in [1.54, 1.807) is 6.08 Å². The van der Waals surface area contributed by atoms with Crippen molar-refractivity contribution >= 4 is 17.7 Å². The number of carbonyl (C=O) groups is 1. The van der Waals surface area contributed by atoms with E-state index in [2.05, 4.69) is 17.1 Å². The first-order valence-corrected chi connectivity index (χ1v) is 10.7. The fraction of sp³-hybridized carbons (Fsp3) is 0.320. The molecule has 0 aliphatic carbocycles. The second-order valence-corrected chi connectivity index (χ2v) is 7.63. The molecule has 6 nitrogen and oxygen atoms in total. The molecular formula is C25H30N4O2. The highest BCUT2D eigenvalue weighted by atomic mass is 16.5. The van der Waals surface area contributed by atoms with E-state index >= 15 is 0 Å². The number of hydrogen-bond acceptors (Lipinski definition) is 5. The van der Waals surface area contributed by atoms with Crippen molar-refractivity contribution in [1.82, 2.24) is 15.0 Å². The Morgan fingerprint density at radius 1 is 1.03 bits per heavy atom. The maximum absolute atomic E-state index is 12.7. The summed E-state index contributed by atoms with van der Waals surface area (Å²) >= 11 is 0. The summed E-state index contributed by atoms with van der Waals surface area (Å²) in [4.78, 5) is 21.1. The van der Waals surface area contributed by atoms with E-state index in [1.165, 1.54) is 0 Å². The number of hydrogen-bond donors (Lipinski definition) is 0. The molecule has 1 amide bonds. The number of unbranched alkanes of at least 4 members (excludes halogenated alkanes) is 1. The first kappa shape index (κ1) is 22.3. The molecule has 3 rings (SSSR count). The summed E-state index contributed by atoms with van der Waals surface area (Å²) in [6.07, 6.45) is 6.00. The highest BCUT2D eigenvalue weighted by Crippen LogP contribution is 2.20. The van der Waals surface area contributed by atoms with Crippen LogP contribution in [0.3, 0.4) is 0 Å². The molecule has 0 radical (unpaired) electrons. The Bertz CT molecular complexity index is 978. The molecule has 0 N–H and O–H groups in total. The zero-order valence-corrected chi connectivity index (χ0v) is 18.5. The second-order valence-electron chi connectivity index (χ2n) is 7.63. The van der Waals surface area contributed by atoms with Gasteiger partial charge in [-0.1, -0.05) is 48.8 Å². The van der Waals surface area contributed by atoms with Crippen molar-refractivity contribution in [2.45, 2.75) is 26.2 Å². The molecule has 162 valence electrons. The van der Waals surface area contributed by atoms with Crippen molar-refractivity contribution in [2.24, 2.45) is 0 Å². The second kappa shape index (κ2) is 11.1. The Balaban J connectivity index is 1.62. The molecule has 6 heteroatoms. The van der Waals surface area contributed by atoms with Gasteiger partial charge in [-0.25, -0.2) is 0 Å². The molecule has 0 fully saturated rings. The number of benzene rings is 2. The third-order valence-corrected chi connectivity index (χ3v) is 5.02. The lowest BCUT2D eigenvalue weighted by Gasteiger charge is -2.20. The highest BCUT2D eigenvalue weighted by Gasteiger charge is 2.14. The largest absolute Gasteiger partial charge is 0.378 e. The summed E-state index contributed by atoms with van der Waals surface area (Å²) in [7, 11) is 4.00. The average molecular weight is 419 g/mol. The fourth-order valence-corrected chi connectivity index (χ4v) is 3.13. The van der Waals surface area contributed by atoms with Gasteiger partial charge in [0, 0.05) is 50.9 Å². The van der Waals surface area contributed by atoms with Crippen LogP contribution in [0.2, 0.25) is 0 Å². The molecule has 1 heterocycles. The van der Waals surface area contributed by atoms with Gasteiger partial charge in [-0.2, -0.15) is 4.98 Å². The van der Waals surface area contributed by atoms with Crippen LogP contribution in [-0.2, 0) is 11.2 Å². The van der Waals surface area contributed by atoms with Crippen molar-refractivity contribution < 1.29 is 9.32 Å². The molecule has 0 atom stereocenters. The van der Waals surface area contributed by atoms with Crippen molar-refractivity contribution in [2.75, 3.05) is 32.1 Å². The van der Waals surface area contributed by atoms with Gasteiger partial charge >= 0.3 is 0 Å². The topological polar surface area (TPSA) is 62.5 Å². The zero-order valence-electron chi connectivity index (χ0n) is 18.5. The minimum absolute atomic E-state index is 0.00341. The van der Waals surface area contributed by atoms with Crippen LogP contribution < -0.4 is 4.90 Å². The van der Waals surface area contributed by atoms with Crippen LogP contribution >= 0.6 is 0 Å². The Labute approximate surface area is 184 Å². The van der Waals surface area contributed by atoms with E-state index in [4.69, 9.17) is 4.52 Å². The molecule has 0 saturated heterocycles. The lowest BCUT2D eigenvalue weighted by Crippen LogP contribution is -2.32. The SMILES string of the molecule is CCCCN(CCc1nc(-c2ccc(N(C)C)cc2)no1)C(=O)/C=C/c1ccccc1. The molecule has 3 aromatic rings. The van der Waals surface area contributed by atoms with E-state index in [1.807, 2.05) is 84.6 Å². The van der Waals surface area contributed by atoms with Gasteiger partial charge < -0.3 is 14.3 Å². The molecule has 1 aromatic heterocycles. The number of carbonyl (C=O) groups excluding carboxylic acids is 1. The first-order valence-electron chi connectivity index (χ1n) is 10.7. The van der Waals surface area contributed by atoms with Crippen molar-refractivity contribution in [3.05, 3.63) is 72.1 Å². The van der Waals surface area contributed by atoms with Crippen LogP contribution in [0.25, 0.3) is 17.5 Å². The first-order chi connectivity index (χ1) is 15.1. The van der Waals surface area contributed by atoms with E-state index in [0.29, 0.717) is 31.2 Å². The zero-order chi connectivity index (χ0) is 22.1. The van der Waals surface area contributed by atoms with Crippen LogP contribution in [0.15, 0.2) is 65.2 Å². The summed E-state index contributed by atoms with van der Waals surface area (Å²) in [5.41, 5.74) is 3.03. The van der Waals surface area contributed by atoms with Gasteiger partial charge in [0.2, 0.25) is 17.6 Å². The quantitative estimate of drug-likeness (QED) is 0.447. The molecule has 31 heavy (non-hydrogen) atoms. The van der Waals surface area contributed by atoms with Gasteiger partial charge in [-0.3, -0.25) is 4.79 Å². The summed E-state index contributed by atoms with van der Waals surface area (Å²) in [6, 6.07) is 17.8. The van der Waals surface area contributed by atoms with Crippen LogP contribution in [0.5, 0.6) is 0 Å². The van der Waals surface area contributed by atoms with Gasteiger partial charge in [-0.15, -0.1) is 0 Å². The number of nitrogens with zero attached hydrogens (tertiary/aromatic N) is 4.